The molecule has 1 aromatic heterocycles. The fraction of sp³-hybridized carbons (Fsp3) is 0.286. The van der Waals surface area contributed by atoms with Gasteiger partial charge in [0.2, 0.25) is 0 Å². The Morgan fingerprint density at radius 2 is 2.05 bits per heavy atom. The molecule has 0 bridgehead atoms. The van der Waals surface area contributed by atoms with Gasteiger partial charge in [0.05, 0.1) is 0 Å². The van der Waals surface area contributed by atoms with Gasteiger partial charge in [0.1, 0.15) is 17.5 Å². The van der Waals surface area contributed by atoms with E-state index in [1.807, 2.05) is 38.1 Å². The molecule has 4 nitrogen and oxygen atoms in total. The van der Waals surface area contributed by atoms with Crippen molar-refractivity contribution in [1.29, 1.82) is 0 Å². The molecule has 3 N–H and O–H groups in total. The Bertz CT molecular complexity index is 569. The minimum Gasteiger partial charge on any atom is -0.384 e. The molecule has 0 atom stereocenters. The Morgan fingerprint density at radius 3 is 2.74 bits per heavy atom. The van der Waals surface area contributed by atoms with Crippen LogP contribution in [0.25, 0.3) is 0 Å². The SMILES string of the molecule is CC(C)c1nc(N)cc(NCc2cccc(Cl)c2)n1. The molecule has 0 aliphatic carbocycles. The highest BCUT2D eigenvalue weighted by molar-refractivity contribution is 6.30. The van der Waals surface area contributed by atoms with Crippen LogP contribution in [0, 0.1) is 0 Å². The summed E-state index contributed by atoms with van der Waals surface area (Å²) >= 11 is 5.95. The van der Waals surface area contributed by atoms with E-state index in [4.69, 9.17) is 17.3 Å². The van der Waals surface area contributed by atoms with Crippen LogP contribution in [-0.2, 0) is 6.54 Å². The predicted molar refractivity (Wildman–Crippen MR) is 79.3 cm³/mol. The number of rotatable bonds is 4. The maximum absolute atomic E-state index is 5.95. The number of nitrogens with zero attached hydrogens (tertiary/aromatic N) is 2. The summed E-state index contributed by atoms with van der Waals surface area (Å²) in [6.45, 7) is 4.72. The number of hydrogen-bond acceptors (Lipinski definition) is 4. The van der Waals surface area contributed by atoms with Crippen LogP contribution in [0.15, 0.2) is 30.3 Å². The van der Waals surface area contributed by atoms with E-state index in [9.17, 15) is 0 Å². The zero-order valence-corrected chi connectivity index (χ0v) is 11.8. The summed E-state index contributed by atoms with van der Waals surface area (Å²) in [5.41, 5.74) is 6.87. The molecule has 0 radical (unpaired) electrons. The summed E-state index contributed by atoms with van der Waals surface area (Å²) in [5.74, 6) is 2.20. The van der Waals surface area contributed by atoms with Gasteiger partial charge in [-0.1, -0.05) is 37.6 Å². The molecule has 0 aliphatic heterocycles. The highest BCUT2D eigenvalue weighted by Gasteiger charge is 2.06. The zero-order valence-electron chi connectivity index (χ0n) is 11.0. The molecule has 1 aromatic carbocycles. The minimum absolute atomic E-state index is 0.246. The predicted octanol–water partition coefficient (Wildman–Crippen LogP) is 3.45. The van der Waals surface area contributed by atoms with Gasteiger partial charge in [-0.3, -0.25) is 0 Å². The largest absolute Gasteiger partial charge is 0.384 e. The second-order valence-electron chi connectivity index (χ2n) is 4.67. The highest BCUT2D eigenvalue weighted by Crippen LogP contribution is 2.16. The van der Waals surface area contributed by atoms with Crippen LogP contribution < -0.4 is 11.1 Å². The van der Waals surface area contributed by atoms with E-state index < -0.39 is 0 Å². The van der Waals surface area contributed by atoms with E-state index in [-0.39, 0.29) is 5.92 Å². The lowest BCUT2D eigenvalue weighted by atomic mass is 10.2. The smallest absolute Gasteiger partial charge is 0.135 e. The molecule has 100 valence electrons. The van der Waals surface area contributed by atoms with Crippen LogP contribution in [0.3, 0.4) is 0 Å². The van der Waals surface area contributed by atoms with Crippen LogP contribution in [0.4, 0.5) is 11.6 Å². The first-order valence-corrected chi connectivity index (χ1v) is 6.55. The standard InChI is InChI=1S/C14H17ClN4/c1-9(2)14-18-12(16)7-13(19-14)17-8-10-4-3-5-11(15)6-10/h3-7,9H,8H2,1-2H3,(H3,16,17,18,19). The monoisotopic (exact) mass is 276 g/mol. The number of nitrogen functional groups attached to an aromatic ring is 1. The van der Waals surface area contributed by atoms with Crippen molar-refractivity contribution >= 4 is 23.2 Å². The first kappa shape index (κ1) is 13.6. The molecule has 2 aromatic rings. The molecule has 1 heterocycles. The van der Waals surface area contributed by atoms with Crippen molar-refractivity contribution in [2.45, 2.75) is 26.3 Å². The van der Waals surface area contributed by atoms with Crippen molar-refractivity contribution in [3.05, 3.63) is 46.7 Å². The van der Waals surface area contributed by atoms with E-state index in [1.54, 1.807) is 6.07 Å². The van der Waals surface area contributed by atoms with Crippen LogP contribution in [0.5, 0.6) is 0 Å². The summed E-state index contributed by atoms with van der Waals surface area (Å²) in [6.07, 6.45) is 0. The lowest BCUT2D eigenvalue weighted by Crippen LogP contribution is -2.07. The molecule has 0 unspecified atom stereocenters. The van der Waals surface area contributed by atoms with E-state index >= 15 is 0 Å². The lowest BCUT2D eigenvalue weighted by molar-refractivity contribution is 0.777. The van der Waals surface area contributed by atoms with Gasteiger partial charge in [0.15, 0.2) is 0 Å². The maximum atomic E-state index is 5.95. The van der Waals surface area contributed by atoms with Gasteiger partial charge in [-0.05, 0) is 17.7 Å². The number of nitrogens with one attached hydrogen (secondary N) is 1. The first-order chi connectivity index (χ1) is 9.04. The topological polar surface area (TPSA) is 63.8 Å². The Morgan fingerprint density at radius 1 is 1.26 bits per heavy atom. The van der Waals surface area contributed by atoms with Crippen molar-refractivity contribution in [3.8, 4) is 0 Å². The zero-order chi connectivity index (χ0) is 13.8. The fourth-order valence-corrected chi connectivity index (χ4v) is 1.89. The van der Waals surface area contributed by atoms with Crippen molar-refractivity contribution < 1.29 is 0 Å². The molecular weight excluding hydrogens is 260 g/mol. The molecule has 2 rings (SSSR count). The quantitative estimate of drug-likeness (QED) is 0.898. The van der Waals surface area contributed by atoms with E-state index in [2.05, 4.69) is 15.3 Å². The average molecular weight is 277 g/mol. The molecule has 0 spiro atoms. The Hall–Kier alpha value is -1.81. The number of halogens is 1. The van der Waals surface area contributed by atoms with Gasteiger partial charge in [-0.25, -0.2) is 9.97 Å². The van der Waals surface area contributed by atoms with Gasteiger partial charge in [-0.2, -0.15) is 0 Å². The molecule has 0 aliphatic rings. The third-order valence-corrected chi connectivity index (χ3v) is 2.88. The Balaban J connectivity index is 2.11. The number of benzene rings is 1. The van der Waals surface area contributed by atoms with E-state index in [1.165, 1.54) is 0 Å². The van der Waals surface area contributed by atoms with Crippen LogP contribution in [-0.4, -0.2) is 9.97 Å². The molecule has 5 heteroatoms. The Kier molecular flexibility index (Phi) is 4.22. The number of anilines is 2. The summed E-state index contributed by atoms with van der Waals surface area (Å²) in [7, 11) is 0. The van der Waals surface area contributed by atoms with Crippen molar-refractivity contribution in [1.82, 2.24) is 9.97 Å². The van der Waals surface area contributed by atoms with E-state index in [0.717, 1.165) is 22.2 Å². The number of nitrogens with two attached hydrogens (primary N) is 1. The summed E-state index contributed by atoms with van der Waals surface area (Å²) < 4.78 is 0. The first-order valence-electron chi connectivity index (χ1n) is 6.17. The maximum Gasteiger partial charge on any atom is 0.135 e. The third-order valence-electron chi connectivity index (χ3n) is 2.64. The second-order valence-corrected chi connectivity index (χ2v) is 5.11. The van der Waals surface area contributed by atoms with Crippen LogP contribution in [0.2, 0.25) is 5.02 Å². The fourth-order valence-electron chi connectivity index (χ4n) is 1.67. The van der Waals surface area contributed by atoms with Gasteiger partial charge in [0.25, 0.3) is 0 Å². The van der Waals surface area contributed by atoms with E-state index in [0.29, 0.717) is 12.4 Å². The van der Waals surface area contributed by atoms with Crippen molar-refractivity contribution in [2.75, 3.05) is 11.1 Å². The average Bonchev–Trinajstić information content (AvgIpc) is 2.36. The van der Waals surface area contributed by atoms with Crippen LogP contribution >= 0.6 is 11.6 Å². The number of aromatic nitrogens is 2. The van der Waals surface area contributed by atoms with Crippen molar-refractivity contribution in [2.24, 2.45) is 0 Å². The van der Waals surface area contributed by atoms with Crippen molar-refractivity contribution in [3.63, 3.8) is 0 Å². The summed E-state index contributed by atoms with van der Waals surface area (Å²) in [6, 6.07) is 9.43. The van der Waals surface area contributed by atoms with Gasteiger partial charge in [0, 0.05) is 23.6 Å². The second kappa shape index (κ2) is 5.89. The van der Waals surface area contributed by atoms with Crippen LogP contribution in [0.1, 0.15) is 31.2 Å². The molecule has 0 fully saturated rings. The van der Waals surface area contributed by atoms with Gasteiger partial charge < -0.3 is 11.1 Å². The normalized spacial score (nSPS) is 10.7. The molecule has 0 saturated heterocycles. The Labute approximate surface area is 118 Å². The molecule has 0 saturated carbocycles. The van der Waals surface area contributed by atoms with Gasteiger partial charge >= 0.3 is 0 Å². The van der Waals surface area contributed by atoms with Gasteiger partial charge in [-0.15, -0.1) is 0 Å². The lowest BCUT2D eigenvalue weighted by Gasteiger charge is -2.10. The summed E-state index contributed by atoms with van der Waals surface area (Å²) in [5, 5.41) is 3.96. The summed E-state index contributed by atoms with van der Waals surface area (Å²) in [4.78, 5) is 8.64. The highest BCUT2D eigenvalue weighted by atomic mass is 35.5. The minimum atomic E-state index is 0.246. The molecular formula is C14H17ClN4. The number of hydrogen-bond donors (Lipinski definition) is 2. The molecule has 0 amide bonds. The third kappa shape index (κ3) is 3.83. The molecule has 19 heavy (non-hydrogen) atoms.